The van der Waals surface area contributed by atoms with Crippen LogP contribution in [0.5, 0.6) is 0 Å². The van der Waals surface area contributed by atoms with Crippen molar-refractivity contribution < 1.29 is 0 Å². The van der Waals surface area contributed by atoms with Crippen LogP contribution in [0, 0.1) is 6.67 Å². The van der Waals surface area contributed by atoms with Gasteiger partial charge in [0.15, 0.2) is 0 Å². The summed E-state index contributed by atoms with van der Waals surface area (Å²) in [4.78, 5) is 4.44. The Labute approximate surface area is 126 Å². The summed E-state index contributed by atoms with van der Waals surface area (Å²) in [5, 5.41) is 0.751. The van der Waals surface area contributed by atoms with Crippen molar-refractivity contribution in [2.75, 3.05) is 23.0 Å². The highest BCUT2D eigenvalue weighted by atomic mass is 28.3. The molecule has 3 heteroatoms. The molecule has 0 aliphatic carbocycles. The fourth-order valence-corrected chi connectivity index (χ4v) is 6.90. The molecule has 3 radical (unpaired) electrons. The van der Waals surface area contributed by atoms with Crippen LogP contribution in [-0.4, -0.2) is 22.0 Å². The van der Waals surface area contributed by atoms with Gasteiger partial charge < -0.3 is 9.80 Å². The van der Waals surface area contributed by atoms with Gasteiger partial charge in [0.05, 0.1) is 20.2 Å². The van der Waals surface area contributed by atoms with Gasteiger partial charge >= 0.3 is 0 Å². The third kappa shape index (κ3) is 3.03. The number of hydrogen-bond donors (Lipinski definition) is 0. The molecular weight excluding hydrogens is 260 g/mol. The SMILES string of the molecule is CN1[C]N(C[Si](C(C)(C)C)C(C)(C)C)c2ccccc21. The van der Waals surface area contributed by atoms with Gasteiger partial charge in [-0.2, -0.15) is 0 Å². The summed E-state index contributed by atoms with van der Waals surface area (Å²) in [5.41, 5.74) is 2.56. The zero-order valence-electron chi connectivity index (χ0n) is 13.9. The van der Waals surface area contributed by atoms with Gasteiger partial charge in [0.1, 0.15) is 0 Å². The smallest absolute Gasteiger partial charge is 0.208 e. The minimum absolute atomic E-state index is 0.376. The van der Waals surface area contributed by atoms with E-state index in [2.05, 4.69) is 89.3 Å². The summed E-state index contributed by atoms with van der Waals surface area (Å²) in [7, 11) is 1.50. The molecule has 0 aromatic heterocycles. The molecule has 1 aliphatic heterocycles. The Hall–Kier alpha value is -0.963. The van der Waals surface area contributed by atoms with E-state index >= 15 is 0 Å². The molecule has 2 rings (SSSR count). The third-order valence-corrected chi connectivity index (χ3v) is 8.19. The monoisotopic (exact) mass is 287 g/mol. The zero-order valence-corrected chi connectivity index (χ0v) is 14.9. The van der Waals surface area contributed by atoms with E-state index in [4.69, 9.17) is 0 Å². The lowest BCUT2D eigenvalue weighted by Gasteiger charge is -2.41. The van der Waals surface area contributed by atoms with Crippen LogP contribution in [0.2, 0.25) is 10.1 Å². The first-order valence-corrected chi connectivity index (χ1v) is 9.05. The Kier molecular flexibility index (Phi) is 3.93. The van der Waals surface area contributed by atoms with E-state index in [9.17, 15) is 0 Å². The lowest BCUT2D eigenvalue weighted by molar-refractivity contribution is 0.635. The highest BCUT2D eigenvalue weighted by Gasteiger charge is 2.39. The van der Waals surface area contributed by atoms with Crippen LogP contribution < -0.4 is 9.80 Å². The number of hydrogen-bond acceptors (Lipinski definition) is 2. The second-order valence-corrected chi connectivity index (χ2v) is 12.0. The molecule has 0 saturated heterocycles. The summed E-state index contributed by atoms with van der Waals surface area (Å²) < 4.78 is 0. The Morgan fingerprint density at radius 3 is 1.95 bits per heavy atom. The van der Waals surface area contributed by atoms with Crippen LogP contribution in [0.25, 0.3) is 0 Å². The molecule has 0 spiro atoms. The number of nitrogens with zero attached hydrogens (tertiary/aromatic N) is 2. The summed E-state index contributed by atoms with van der Waals surface area (Å²) >= 11 is 0. The molecule has 0 unspecified atom stereocenters. The van der Waals surface area contributed by atoms with Crippen molar-refractivity contribution in [3.63, 3.8) is 0 Å². The van der Waals surface area contributed by atoms with Crippen LogP contribution in [0.1, 0.15) is 41.5 Å². The Bertz CT molecular complexity index is 457. The van der Waals surface area contributed by atoms with E-state index < -0.39 is 8.80 Å². The van der Waals surface area contributed by atoms with Crippen LogP contribution >= 0.6 is 0 Å². The van der Waals surface area contributed by atoms with Crippen molar-refractivity contribution in [1.29, 1.82) is 0 Å². The van der Waals surface area contributed by atoms with E-state index in [1.54, 1.807) is 0 Å². The summed E-state index contributed by atoms with van der Waals surface area (Å²) in [6.07, 6.45) is 1.11. The Balaban J connectivity index is 2.26. The Morgan fingerprint density at radius 1 is 0.950 bits per heavy atom. The van der Waals surface area contributed by atoms with E-state index in [1.807, 2.05) is 0 Å². The van der Waals surface area contributed by atoms with Gasteiger partial charge in [0, 0.05) is 13.2 Å². The molecule has 1 aromatic carbocycles. The van der Waals surface area contributed by atoms with Crippen molar-refractivity contribution in [2.45, 2.75) is 51.6 Å². The van der Waals surface area contributed by atoms with E-state index in [1.165, 1.54) is 11.4 Å². The third-order valence-electron chi connectivity index (χ3n) is 3.93. The standard InChI is InChI=1S/C17H27N2Si/c1-16(2,3)20(17(4,5)6)13-19-12-18(7)14-10-8-9-11-15(14)19/h8-11H,13H2,1-7H3. The van der Waals surface area contributed by atoms with Crippen LogP contribution in [0.4, 0.5) is 11.4 Å². The van der Waals surface area contributed by atoms with Gasteiger partial charge in [-0.3, -0.25) is 0 Å². The lowest BCUT2D eigenvalue weighted by Crippen LogP contribution is -2.45. The summed E-state index contributed by atoms with van der Waals surface area (Å²) in [6, 6.07) is 8.59. The van der Waals surface area contributed by atoms with Crippen LogP contribution in [-0.2, 0) is 0 Å². The average molecular weight is 288 g/mol. The van der Waals surface area contributed by atoms with Gasteiger partial charge in [0.2, 0.25) is 6.67 Å². The maximum absolute atomic E-state index is 3.49. The molecule has 109 valence electrons. The topological polar surface area (TPSA) is 6.48 Å². The predicted molar refractivity (Wildman–Crippen MR) is 90.6 cm³/mol. The first-order chi connectivity index (χ1) is 9.10. The number of benzene rings is 1. The lowest BCUT2D eigenvalue weighted by atomic mass is 10.2. The molecule has 0 atom stereocenters. The van der Waals surface area contributed by atoms with E-state index in [-0.39, 0.29) is 0 Å². The number of fused-ring (bicyclic) bond motifs is 1. The van der Waals surface area contributed by atoms with E-state index in [0.29, 0.717) is 10.1 Å². The number of rotatable bonds is 2. The molecule has 2 nitrogen and oxygen atoms in total. The summed E-state index contributed by atoms with van der Waals surface area (Å²) in [5.74, 6) is 0. The second kappa shape index (κ2) is 5.10. The minimum atomic E-state index is -0.587. The molecule has 1 heterocycles. The molecule has 0 N–H and O–H groups in total. The van der Waals surface area contributed by atoms with Gasteiger partial charge in [-0.05, 0) is 22.2 Å². The van der Waals surface area contributed by atoms with Crippen molar-refractivity contribution in [3.05, 3.63) is 30.9 Å². The van der Waals surface area contributed by atoms with E-state index in [0.717, 1.165) is 6.17 Å². The normalized spacial score (nSPS) is 16.0. The molecule has 0 amide bonds. The van der Waals surface area contributed by atoms with Gasteiger partial charge in [-0.15, -0.1) is 0 Å². The fraction of sp³-hybridized carbons (Fsp3) is 0.588. The van der Waals surface area contributed by atoms with Gasteiger partial charge in [0.25, 0.3) is 0 Å². The molecule has 20 heavy (non-hydrogen) atoms. The molecular formula is C17H27N2Si. The fourth-order valence-electron chi connectivity index (χ4n) is 3.14. The quantitative estimate of drug-likeness (QED) is 0.735. The highest BCUT2D eigenvalue weighted by Crippen LogP contribution is 2.44. The van der Waals surface area contributed by atoms with Gasteiger partial charge in [-0.1, -0.05) is 53.7 Å². The molecule has 1 aliphatic rings. The Morgan fingerprint density at radius 2 is 1.45 bits per heavy atom. The molecule has 1 aromatic rings. The van der Waals surface area contributed by atoms with Crippen molar-refractivity contribution in [1.82, 2.24) is 0 Å². The van der Waals surface area contributed by atoms with Gasteiger partial charge in [-0.25, -0.2) is 0 Å². The van der Waals surface area contributed by atoms with Crippen molar-refractivity contribution >= 4 is 20.2 Å². The molecule has 0 bridgehead atoms. The van der Waals surface area contributed by atoms with Crippen molar-refractivity contribution in [3.8, 4) is 0 Å². The first kappa shape index (κ1) is 15.4. The maximum Gasteiger partial charge on any atom is 0.208 e. The average Bonchev–Trinajstić information content (AvgIpc) is 2.61. The van der Waals surface area contributed by atoms with Crippen LogP contribution in [0.3, 0.4) is 0 Å². The largest absolute Gasteiger partial charge is 0.343 e. The highest BCUT2D eigenvalue weighted by molar-refractivity contribution is 6.65. The molecule has 0 saturated carbocycles. The predicted octanol–water partition coefficient (Wildman–Crippen LogP) is 4.57. The number of anilines is 2. The first-order valence-electron chi connectivity index (χ1n) is 7.34. The summed E-state index contributed by atoms with van der Waals surface area (Å²) in [6.45, 7) is 17.8. The van der Waals surface area contributed by atoms with Crippen molar-refractivity contribution in [2.24, 2.45) is 0 Å². The molecule has 0 fully saturated rings. The second-order valence-electron chi connectivity index (χ2n) is 7.71. The maximum atomic E-state index is 3.49. The zero-order chi connectivity index (χ0) is 15.1. The number of para-hydroxylation sites is 2. The minimum Gasteiger partial charge on any atom is -0.343 e. The van der Waals surface area contributed by atoms with Crippen LogP contribution in [0.15, 0.2) is 24.3 Å².